The van der Waals surface area contributed by atoms with Crippen molar-refractivity contribution in [3.63, 3.8) is 0 Å². The number of carbonyl (C=O) groups is 2. The van der Waals surface area contributed by atoms with Crippen LogP contribution >= 0.6 is 0 Å². The maximum absolute atomic E-state index is 12.2. The Morgan fingerprint density at radius 2 is 1.56 bits per heavy atom. The molecule has 3 N–H and O–H groups in total. The van der Waals surface area contributed by atoms with Crippen molar-refractivity contribution in [1.29, 1.82) is 0 Å². The highest BCUT2D eigenvalue weighted by Crippen LogP contribution is 2.26. The standard InChI is InChI=1S/C30H32N4O5/c1-3-20(2)26(32-24-13-9-21(10-14-24)28(37)31-18-17-27(35)36)19-38-25-15-11-23(12-16-25)30-34-33-29(39-30)22-7-5-4-6-8-22/h4-16,20,26,32H,3,17-19H2,1-2H3,(H,31,37)(H,35,36)/t20-,26+/m0/s1. The van der Waals surface area contributed by atoms with Crippen molar-refractivity contribution in [2.45, 2.75) is 32.7 Å². The fraction of sp³-hybridized carbons (Fsp3) is 0.267. The smallest absolute Gasteiger partial charge is 0.305 e. The van der Waals surface area contributed by atoms with E-state index in [1.54, 1.807) is 12.1 Å². The van der Waals surface area contributed by atoms with Gasteiger partial charge in [0.2, 0.25) is 11.8 Å². The number of aromatic nitrogens is 2. The summed E-state index contributed by atoms with van der Waals surface area (Å²) in [7, 11) is 0. The second kappa shape index (κ2) is 13.2. The number of ether oxygens (including phenoxy) is 1. The largest absolute Gasteiger partial charge is 0.491 e. The molecular formula is C30H32N4O5. The highest BCUT2D eigenvalue weighted by Gasteiger charge is 2.18. The number of rotatable bonds is 13. The second-order valence-corrected chi connectivity index (χ2v) is 9.23. The minimum atomic E-state index is -0.951. The number of nitrogens with zero attached hydrogens (tertiary/aromatic N) is 2. The predicted octanol–water partition coefficient (Wildman–Crippen LogP) is 5.51. The number of hydrogen-bond donors (Lipinski definition) is 3. The molecule has 1 heterocycles. The summed E-state index contributed by atoms with van der Waals surface area (Å²) < 4.78 is 11.9. The van der Waals surface area contributed by atoms with E-state index in [4.69, 9.17) is 14.3 Å². The number of carbonyl (C=O) groups excluding carboxylic acids is 1. The van der Waals surface area contributed by atoms with Crippen LogP contribution in [0.5, 0.6) is 5.75 Å². The first kappa shape index (κ1) is 27.4. The Hall–Kier alpha value is -4.66. The van der Waals surface area contributed by atoms with Crippen LogP contribution in [0.3, 0.4) is 0 Å². The third-order valence-corrected chi connectivity index (χ3v) is 6.43. The summed E-state index contributed by atoms with van der Waals surface area (Å²) in [6.07, 6.45) is 0.849. The molecule has 0 saturated carbocycles. The maximum atomic E-state index is 12.2. The molecule has 0 spiro atoms. The zero-order valence-electron chi connectivity index (χ0n) is 22.0. The lowest BCUT2D eigenvalue weighted by Gasteiger charge is -2.25. The molecule has 0 radical (unpaired) electrons. The molecule has 0 saturated heterocycles. The van der Waals surface area contributed by atoms with Gasteiger partial charge in [0.1, 0.15) is 12.4 Å². The van der Waals surface area contributed by atoms with Crippen LogP contribution < -0.4 is 15.4 Å². The number of carboxylic acids is 1. The van der Waals surface area contributed by atoms with E-state index in [0.29, 0.717) is 29.9 Å². The molecule has 1 aromatic heterocycles. The van der Waals surface area contributed by atoms with Crippen molar-refractivity contribution in [2.75, 3.05) is 18.5 Å². The normalized spacial score (nSPS) is 12.4. The number of anilines is 1. The van der Waals surface area contributed by atoms with Gasteiger partial charge in [0, 0.05) is 28.9 Å². The summed E-state index contributed by atoms with van der Waals surface area (Å²) in [4.78, 5) is 22.8. The molecule has 0 aliphatic carbocycles. The van der Waals surface area contributed by atoms with Gasteiger partial charge >= 0.3 is 5.97 Å². The summed E-state index contributed by atoms with van der Waals surface area (Å²) in [6, 6.07) is 24.3. The molecule has 4 aromatic rings. The minimum Gasteiger partial charge on any atom is -0.491 e. The van der Waals surface area contributed by atoms with Crippen LogP contribution in [0.1, 0.15) is 37.0 Å². The van der Waals surface area contributed by atoms with Crippen LogP contribution in [0.15, 0.2) is 83.3 Å². The molecule has 3 aromatic carbocycles. The van der Waals surface area contributed by atoms with Crippen molar-refractivity contribution in [3.05, 3.63) is 84.4 Å². The SMILES string of the molecule is CC[C@H](C)[C@@H](COc1ccc(-c2nnc(-c3ccccc3)o2)cc1)Nc1ccc(C(=O)NCCC(=O)O)cc1. The molecule has 39 heavy (non-hydrogen) atoms. The van der Waals surface area contributed by atoms with E-state index in [9.17, 15) is 9.59 Å². The fourth-order valence-electron chi connectivity index (χ4n) is 3.87. The third-order valence-electron chi connectivity index (χ3n) is 6.43. The molecule has 9 heteroatoms. The van der Waals surface area contributed by atoms with E-state index >= 15 is 0 Å². The number of aliphatic carboxylic acids is 1. The summed E-state index contributed by atoms with van der Waals surface area (Å²) in [5.41, 5.74) is 3.01. The van der Waals surface area contributed by atoms with Gasteiger partial charge in [-0.05, 0) is 66.6 Å². The van der Waals surface area contributed by atoms with Crippen molar-refractivity contribution in [1.82, 2.24) is 15.5 Å². The summed E-state index contributed by atoms with van der Waals surface area (Å²) in [5.74, 6) is 0.722. The Morgan fingerprint density at radius 3 is 2.18 bits per heavy atom. The summed E-state index contributed by atoms with van der Waals surface area (Å²) in [5, 5.41) is 23.2. The summed E-state index contributed by atoms with van der Waals surface area (Å²) in [6.45, 7) is 4.83. The van der Waals surface area contributed by atoms with Gasteiger partial charge < -0.3 is 24.9 Å². The highest BCUT2D eigenvalue weighted by atomic mass is 16.5. The molecule has 0 aliphatic rings. The average Bonchev–Trinajstić information content (AvgIpc) is 3.46. The average molecular weight is 529 g/mol. The van der Waals surface area contributed by atoms with Crippen LogP contribution in [0.25, 0.3) is 22.9 Å². The van der Waals surface area contributed by atoms with Gasteiger partial charge in [0.05, 0.1) is 12.5 Å². The van der Waals surface area contributed by atoms with E-state index in [0.717, 1.165) is 29.0 Å². The first-order valence-corrected chi connectivity index (χ1v) is 12.9. The first-order valence-electron chi connectivity index (χ1n) is 12.9. The zero-order chi connectivity index (χ0) is 27.6. The van der Waals surface area contributed by atoms with Gasteiger partial charge in [-0.3, -0.25) is 9.59 Å². The van der Waals surface area contributed by atoms with Crippen molar-refractivity contribution in [3.8, 4) is 28.7 Å². The third kappa shape index (κ3) is 7.67. The molecule has 1 amide bonds. The van der Waals surface area contributed by atoms with Crippen molar-refractivity contribution < 1.29 is 23.8 Å². The molecule has 2 atom stereocenters. The number of benzene rings is 3. The summed E-state index contributed by atoms with van der Waals surface area (Å²) >= 11 is 0. The van der Waals surface area contributed by atoms with Gasteiger partial charge in [0.25, 0.3) is 5.91 Å². The number of hydrogen-bond acceptors (Lipinski definition) is 7. The maximum Gasteiger partial charge on any atom is 0.305 e. The van der Waals surface area contributed by atoms with Gasteiger partial charge in [-0.2, -0.15) is 0 Å². The molecule has 0 fully saturated rings. The predicted molar refractivity (Wildman–Crippen MR) is 149 cm³/mol. The highest BCUT2D eigenvalue weighted by molar-refractivity contribution is 5.94. The Bertz CT molecular complexity index is 1350. The molecule has 9 nitrogen and oxygen atoms in total. The van der Waals surface area contributed by atoms with E-state index in [-0.39, 0.29) is 24.9 Å². The van der Waals surface area contributed by atoms with E-state index in [2.05, 4.69) is 34.7 Å². The topological polar surface area (TPSA) is 127 Å². The van der Waals surface area contributed by atoms with E-state index in [1.165, 1.54) is 0 Å². The van der Waals surface area contributed by atoms with Crippen LogP contribution in [0, 0.1) is 5.92 Å². The fourth-order valence-corrected chi connectivity index (χ4v) is 3.87. The monoisotopic (exact) mass is 528 g/mol. The molecule has 0 aliphatic heterocycles. The van der Waals surface area contributed by atoms with E-state index < -0.39 is 5.97 Å². The quantitative estimate of drug-likeness (QED) is 0.207. The minimum absolute atomic E-state index is 0.0364. The number of amides is 1. The van der Waals surface area contributed by atoms with Crippen molar-refractivity contribution in [2.24, 2.45) is 5.92 Å². The molecular weight excluding hydrogens is 496 g/mol. The van der Waals surface area contributed by atoms with E-state index in [1.807, 2.05) is 66.7 Å². The Balaban J connectivity index is 1.34. The Morgan fingerprint density at radius 1 is 0.923 bits per heavy atom. The van der Waals surface area contributed by atoms with Crippen LogP contribution in [0.2, 0.25) is 0 Å². The van der Waals surface area contributed by atoms with Gasteiger partial charge in [-0.15, -0.1) is 10.2 Å². The lowest BCUT2D eigenvalue weighted by Crippen LogP contribution is -2.33. The number of carboxylic acid groups (broad SMARTS) is 1. The van der Waals surface area contributed by atoms with Crippen LogP contribution in [0.4, 0.5) is 5.69 Å². The van der Waals surface area contributed by atoms with Gasteiger partial charge in [0.15, 0.2) is 0 Å². The zero-order valence-corrected chi connectivity index (χ0v) is 22.0. The second-order valence-electron chi connectivity index (χ2n) is 9.23. The molecule has 0 unspecified atom stereocenters. The molecule has 202 valence electrons. The number of nitrogens with one attached hydrogen (secondary N) is 2. The first-order chi connectivity index (χ1) is 18.9. The van der Waals surface area contributed by atoms with Crippen LogP contribution in [-0.2, 0) is 4.79 Å². The Labute approximate surface area is 227 Å². The van der Waals surface area contributed by atoms with Gasteiger partial charge in [-0.1, -0.05) is 38.5 Å². The van der Waals surface area contributed by atoms with Crippen molar-refractivity contribution >= 4 is 17.6 Å². The van der Waals surface area contributed by atoms with Crippen LogP contribution in [-0.4, -0.2) is 46.4 Å². The molecule has 0 bridgehead atoms. The Kier molecular flexibility index (Phi) is 9.29. The lowest BCUT2D eigenvalue weighted by molar-refractivity contribution is -0.136. The van der Waals surface area contributed by atoms with Gasteiger partial charge in [-0.25, -0.2) is 0 Å². The lowest BCUT2D eigenvalue weighted by atomic mass is 9.99. The molecule has 4 rings (SSSR count).